The van der Waals surface area contributed by atoms with Crippen LogP contribution in [-0.2, 0) is 11.8 Å². The van der Waals surface area contributed by atoms with Crippen LogP contribution in [0.2, 0.25) is 0 Å². The van der Waals surface area contributed by atoms with E-state index in [1.165, 1.54) is 0 Å². The van der Waals surface area contributed by atoms with Crippen molar-refractivity contribution in [3.63, 3.8) is 0 Å². The Kier molecular flexibility index (Phi) is 2.19. The van der Waals surface area contributed by atoms with E-state index in [4.69, 9.17) is 0 Å². The number of hydrogen-bond donors (Lipinski definition) is 0. The molecule has 2 rings (SSSR count). The Labute approximate surface area is 81.9 Å². The van der Waals surface area contributed by atoms with E-state index < -0.39 is 0 Å². The number of Topliss-reactive ketones (excluding diaryl/α,β-unsaturated/α-hetero) is 2. The van der Waals surface area contributed by atoms with Crippen molar-refractivity contribution in [3.8, 4) is 0 Å². The summed E-state index contributed by atoms with van der Waals surface area (Å²) in [6.07, 6.45) is 3.26. The fraction of sp³-hybridized carbons (Fsp3) is 0.500. The van der Waals surface area contributed by atoms with E-state index >= 15 is 0 Å². The maximum atomic E-state index is 11.9. The fourth-order valence-corrected chi connectivity index (χ4v) is 1.86. The molecule has 1 fully saturated rings. The Morgan fingerprint density at radius 3 is 2.93 bits per heavy atom. The molecule has 4 heteroatoms. The molecule has 1 aromatic rings. The third kappa shape index (κ3) is 1.47. The van der Waals surface area contributed by atoms with Gasteiger partial charge in [0, 0.05) is 32.0 Å². The molecule has 1 heterocycles. The van der Waals surface area contributed by atoms with E-state index in [2.05, 4.69) is 5.10 Å². The molecule has 0 spiro atoms. The first-order chi connectivity index (χ1) is 6.68. The van der Waals surface area contributed by atoms with Gasteiger partial charge in [-0.05, 0) is 12.5 Å². The van der Waals surface area contributed by atoms with Crippen LogP contribution in [0.3, 0.4) is 0 Å². The third-order valence-corrected chi connectivity index (χ3v) is 2.69. The van der Waals surface area contributed by atoms with Crippen molar-refractivity contribution in [1.29, 1.82) is 0 Å². The fourth-order valence-electron chi connectivity index (χ4n) is 1.86. The molecule has 1 atom stereocenters. The summed E-state index contributed by atoms with van der Waals surface area (Å²) in [5.41, 5.74) is 0.602. The number of nitrogens with zero attached hydrogens (tertiary/aromatic N) is 2. The maximum absolute atomic E-state index is 11.9. The molecule has 1 saturated carbocycles. The summed E-state index contributed by atoms with van der Waals surface area (Å²) >= 11 is 0. The summed E-state index contributed by atoms with van der Waals surface area (Å²) < 4.78 is 1.56. The zero-order valence-electron chi connectivity index (χ0n) is 8.06. The first-order valence-electron chi connectivity index (χ1n) is 4.72. The van der Waals surface area contributed by atoms with Crippen LogP contribution in [-0.4, -0.2) is 21.3 Å². The van der Waals surface area contributed by atoms with Gasteiger partial charge in [-0.15, -0.1) is 0 Å². The molecule has 0 radical (unpaired) electrons. The molecular formula is C10H12N2O2. The average molecular weight is 192 g/mol. The minimum Gasteiger partial charge on any atom is -0.300 e. The minimum absolute atomic E-state index is 0.0517. The van der Waals surface area contributed by atoms with Crippen LogP contribution in [0.25, 0.3) is 0 Å². The SMILES string of the molecule is Cn1nccc1C(=O)C1CCC(=O)C1. The lowest BCUT2D eigenvalue weighted by Crippen LogP contribution is -2.15. The highest BCUT2D eigenvalue weighted by Gasteiger charge is 2.30. The lowest BCUT2D eigenvalue weighted by Gasteiger charge is -2.06. The van der Waals surface area contributed by atoms with E-state index in [1.807, 2.05) is 0 Å². The molecule has 1 aliphatic rings. The number of rotatable bonds is 2. The Balaban J connectivity index is 2.17. The molecule has 0 N–H and O–H groups in total. The number of hydrogen-bond acceptors (Lipinski definition) is 3. The quantitative estimate of drug-likeness (QED) is 0.656. The van der Waals surface area contributed by atoms with Crippen molar-refractivity contribution in [3.05, 3.63) is 18.0 Å². The van der Waals surface area contributed by atoms with Crippen LogP contribution in [0.1, 0.15) is 29.8 Å². The molecular weight excluding hydrogens is 180 g/mol. The van der Waals surface area contributed by atoms with Crippen molar-refractivity contribution in [1.82, 2.24) is 9.78 Å². The van der Waals surface area contributed by atoms with Crippen molar-refractivity contribution in [2.24, 2.45) is 13.0 Å². The van der Waals surface area contributed by atoms with Crippen LogP contribution in [0.15, 0.2) is 12.3 Å². The van der Waals surface area contributed by atoms with Gasteiger partial charge < -0.3 is 0 Å². The van der Waals surface area contributed by atoms with Gasteiger partial charge in [0.05, 0.1) is 0 Å². The van der Waals surface area contributed by atoms with Gasteiger partial charge in [-0.1, -0.05) is 0 Å². The monoisotopic (exact) mass is 192 g/mol. The lowest BCUT2D eigenvalue weighted by atomic mass is 10.0. The van der Waals surface area contributed by atoms with Crippen molar-refractivity contribution >= 4 is 11.6 Å². The summed E-state index contributed by atoms with van der Waals surface area (Å²) in [7, 11) is 1.74. The molecule has 0 aliphatic heterocycles. The van der Waals surface area contributed by atoms with Gasteiger partial charge in [0.2, 0.25) is 0 Å². The molecule has 1 aliphatic carbocycles. The summed E-state index contributed by atoms with van der Waals surface area (Å²) in [5.74, 6) is 0.138. The Bertz CT molecular complexity index is 381. The smallest absolute Gasteiger partial charge is 0.184 e. The number of carbonyl (C=O) groups excluding carboxylic acids is 2. The second kappa shape index (κ2) is 3.36. The van der Waals surface area contributed by atoms with Gasteiger partial charge in [0.25, 0.3) is 0 Å². The molecule has 4 nitrogen and oxygen atoms in total. The highest BCUT2D eigenvalue weighted by Crippen LogP contribution is 2.25. The molecule has 0 amide bonds. The standard InChI is InChI=1S/C10H12N2O2/c1-12-9(4-5-11-12)10(14)7-2-3-8(13)6-7/h4-5,7H,2-3,6H2,1H3. The number of ketones is 2. The van der Waals surface area contributed by atoms with Crippen LogP contribution in [0, 0.1) is 5.92 Å². The Hall–Kier alpha value is -1.45. The van der Waals surface area contributed by atoms with Gasteiger partial charge >= 0.3 is 0 Å². The molecule has 0 bridgehead atoms. The van der Waals surface area contributed by atoms with Crippen molar-refractivity contribution < 1.29 is 9.59 Å². The molecule has 1 unspecified atom stereocenters. The van der Waals surface area contributed by atoms with E-state index in [1.54, 1.807) is 24.0 Å². The van der Waals surface area contributed by atoms with E-state index in [0.717, 1.165) is 0 Å². The number of aromatic nitrogens is 2. The molecule has 1 aromatic heterocycles. The van der Waals surface area contributed by atoms with E-state index in [9.17, 15) is 9.59 Å². The van der Waals surface area contributed by atoms with Gasteiger partial charge in [0.1, 0.15) is 11.5 Å². The summed E-state index contributed by atoms with van der Waals surface area (Å²) in [5, 5.41) is 3.94. The van der Waals surface area contributed by atoms with Crippen molar-refractivity contribution in [2.75, 3.05) is 0 Å². The first-order valence-corrected chi connectivity index (χ1v) is 4.72. The normalized spacial score (nSPS) is 21.5. The topological polar surface area (TPSA) is 52.0 Å². The predicted molar refractivity (Wildman–Crippen MR) is 49.9 cm³/mol. The van der Waals surface area contributed by atoms with Gasteiger partial charge in [0.15, 0.2) is 5.78 Å². The van der Waals surface area contributed by atoms with E-state index in [0.29, 0.717) is 25.0 Å². The van der Waals surface area contributed by atoms with Crippen LogP contribution >= 0.6 is 0 Å². The Morgan fingerprint density at radius 2 is 2.43 bits per heavy atom. The molecule has 0 aromatic carbocycles. The molecule has 74 valence electrons. The zero-order valence-corrected chi connectivity index (χ0v) is 8.06. The third-order valence-electron chi connectivity index (χ3n) is 2.69. The van der Waals surface area contributed by atoms with E-state index in [-0.39, 0.29) is 17.5 Å². The Morgan fingerprint density at radius 1 is 1.64 bits per heavy atom. The lowest BCUT2D eigenvalue weighted by molar-refractivity contribution is -0.117. The van der Waals surface area contributed by atoms with Gasteiger partial charge in [-0.2, -0.15) is 5.10 Å². The summed E-state index contributed by atoms with van der Waals surface area (Å²) in [6, 6.07) is 1.70. The predicted octanol–water partition coefficient (Wildman–Crippen LogP) is 0.972. The second-order valence-electron chi connectivity index (χ2n) is 3.68. The second-order valence-corrected chi connectivity index (χ2v) is 3.68. The minimum atomic E-state index is -0.113. The highest BCUT2D eigenvalue weighted by molar-refractivity contribution is 6.00. The van der Waals surface area contributed by atoms with Gasteiger partial charge in [-0.25, -0.2) is 0 Å². The molecule has 0 saturated heterocycles. The van der Waals surface area contributed by atoms with Crippen LogP contribution in [0.4, 0.5) is 0 Å². The van der Waals surface area contributed by atoms with Crippen molar-refractivity contribution in [2.45, 2.75) is 19.3 Å². The largest absolute Gasteiger partial charge is 0.300 e. The zero-order chi connectivity index (χ0) is 10.1. The summed E-state index contributed by atoms with van der Waals surface area (Å²) in [6.45, 7) is 0. The highest BCUT2D eigenvalue weighted by atomic mass is 16.1. The molecule has 14 heavy (non-hydrogen) atoms. The van der Waals surface area contributed by atoms with Crippen LogP contribution < -0.4 is 0 Å². The summed E-state index contributed by atoms with van der Waals surface area (Å²) in [4.78, 5) is 22.9. The number of aryl methyl sites for hydroxylation is 1. The maximum Gasteiger partial charge on any atom is 0.184 e. The number of carbonyl (C=O) groups is 2. The first kappa shape index (κ1) is 9.12. The van der Waals surface area contributed by atoms with Crippen LogP contribution in [0.5, 0.6) is 0 Å². The van der Waals surface area contributed by atoms with Gasteiger partial charge in [-0.3, -0.25) is 14.3 Å². The average Bonchev–Trinajstić information content (AvgIpc) is 2.73.